The van der Waals surface area contributed by atoms with Crippen molar-refractivity contribution in [3.05, 3.63) is 97.1 Å². The molecule has 128 valence electrons. The van der Waals surface area contributed by atoms with Crippen molar-refractivity contribution in [2.24, 2.45) is 0 Å². The number of rotatable bonds is 3. The number of aromatic nitrogens is 2. The maximum absolute atomic E-state index is 5.85. The zero-order valence-corrected chi connectivity index (χ0v) is 14.5. The molecule has 0 atom stereocenters. The molecule has 0 aliphatic carbocycles. The molecule has 27 heavy (non-hydrogen) atoms. The summed E-state index contributed by atoms with van der Waals surface area (Å²) < 4.78 is 5.85. The van der Waals surface area contributed by atoms with E-state index in [1.165, 1.54) is 21.9 Å². The predicted octanol–water partition coefficient (Wildman–Crippen LogP) is 6.22. The summed E-state index contributed by atoms with van der Waals surface area (Å²) >= 11 is 0. The van der Waals surface area contributed by atoms with Gasteiger partial charge in [0.15, 0.2) is 0 Å². The molecular weight excluding hydrogens is 332 g/mol. The first-order chi connectivity index (χ1) is 13.4. The molecule has 0 radical (unpaired) electrons. The van der Waals surface area contributed by atoms with Gasteiger partial charge in [0.1, 0.15) is 0 Å². The van der Waals surface area contributed by atoms with Crippen LogP contribution in [0.2, 0.25) is 0 Å². The highest BCUT2D eigenvalue weighted by Gasteiger charge is 2.11. The molecule has 3 nitrogen and oxygen atoms in total. The van der Waals surface area contributed by atoms with E-state index in [-0.39, 0.29) is 0 Å². The molecule has 0 unspecified atom stereocenters. The van der Waals surface area contributed by atoms with E-state index >= 15 is 0 Å². The fourth-order valence-corrected chi connectivity index (χ4v) is 3.31. The monoisotopic (exact) mass is 348 g/mol. The molecule has 0 saturated heterocycles. The lowest BCUT2D eigenvalue weighted by atomic mass is 9.97. The zero-order chi connectivity index (χ0) is 18.1. The van der Waals surface area contributed by atoms with Gasteiger partial charge in [-0.05, 0) is 46.2 Å². The minimum Gasteiger partial charge on any atom is -0.416 e. The van der Waals surface area contributed by atoms with Crippen LogP contribution in [0.5, 0.6) is 0 Å². The second-order valence-electron chi connectivity index (χ2n) is 6.38. The summed E-state index contributed by atoms with van der Waals surface area (Å²) in [5.41, 5.74) is 4.21. The summed E-state index contributed by atoms with van der Waals surface area (Å²) in [6, 6.07) is 32.9. The van der Waals surface area contributed by atoms with E-state index in [1.54, 1.807) is 0 Å². The van der Waals surface area contributed by atoms with Crippen molar-refractivity contribution in [3.63, 3.8) is 0 Å². The third-order valence-corrected chi connectivity index (χ3v) is 4.68. The van der Waals surface area contributed by atoms with Gasteiger partial charge in [-0.1, -0.05) is 72.8 Å². The molecule has 0 aliphatic heterocycles. The SMILES string of the molecule is c1ccc(-c2nnc(-c3ccc(-c4cccc5ccccc45)cc3)o2)cc1. The van der Waals surface area contributed by atoms with Crippen molar-refractivity contribution >= 4 is 10.8 Å². The molecule has 0 N–H and O–H groups in total. The molecule has 1 heterocycles. The number of hydrogen-bond donors (Lipinski definition) is 0. The second kappa shape index (κ2) is 6.54. The van der Waals surface area contributed by atoms with Crippen molar-refractivity contribution in [2.45, 2.75) is 0 Å². The van der Waals surface area contributed by atoms with Crippen molar-refractivity contribution in [1.29, 1.82) is 0 Å². The third-order valence-electron chi connectivity index (χ3n) is 4.68. The molecule has 4 aromatic carbocycles. The van der Waals surface area contributed by atoms with Gasteiger partial charge in [-0.25, -0.2) is 0 Å². The van der Waals surface area contributed by atoms with Crippen molar-refractivity contribution in [1.82, 2.24) is 10.2 Å². The van der Waals surface area contributed by atoms with E-state index in [0.717, 1.165) is 11.1 Å². The van der Waals surface area contributed by atoms with E-state index in [2.05, 4.69) is 64.8 Å². The Balaban J connectivity index is 1.50. The topological polar surface area (TPSA) is 38.9 Å². The molecule has 3 heteroatoms. The fourth-order valence-electron chi connectivity index (χ4n) is 3.31. The van der Waals surface area contributed by atoms with Crippen LogP contribution in [-0.2, 0) is 0 Å². The van der Waals surface area contributed by atoms with E-state index in [9.17, 15) is 0 Å². The van der Waals surface area contributed by atoms with Gasteiger partial charge in [-0.3, -0.25) is 0 Å². The van der Waals surface area contributed by atoms with Gasteiger partial charge in [0.2, 0.25) is 11.8 Å². The highest BCUT2D eigenvalue weighted by atomic mass is 16.4. The van der Waals surface area contributed by atoms with Gasteiger partial charge in [-0.2, -0.15) is 0 Å². The van der Waals surface area contributed by atoms with Crippen LogP contribution < -0.4 is 0 Å². The quantitative estimate of drug-likeness (QED) is 0.388. The van der Waals surface area contributed by atoms with E-state index < -0.39 is 0 Å². The number of nitrogens with zero attached hydrogens (tertiary/aromatic N) is 2. The fraction of sp³-hybridized carbons (Fsp3) is 0. The number of fused-ring (bicyclic) bond motifs is 1. The highest BCUT2D eigenvalue weighted by Crippen LogP contribution is 2.30. The predicted molar refractivity (Wildman–Crippen MR) is 108 cm³/mol. The van der Waals surface area contributed by atoms with Crippen LogP contribution in [0.3, 0.4) is 0 Å². The standard InChI is InChI=1S/C24H16N2O/c1-2-8-19(9-3-1)23-25-26-24(27-23)20-15-13-18(14-16-20)22-12-6-10-17-7-4-5-11-21(17)22/h1-16H. The molecule has 0 aliphatic rings. The lowest BCUT2D eigenvalue weighted by molar-refractivity contribution is 0.584. The van der Waals surface area contributed by atoms with Crippen LogP contribution in [0.1, 0.15) is 0 Å². The molecule has 0 saturated carbocycles. The van der Waals surface area contributed by atoms with Crippen LogP contribution in [0, 0.1) is 0 Å². The largest absolute Gasteiger partial charge is 0.416 e. The average molecular weight is 348 g/mol. The summed E-state index contributed by atoms with van der Waals surface area (Å²) in [4.78, 5) is 0. The molecule has 1 aromatic heterocycles. The van der Waals surface area contributed by atoms with Gasteiger partial charge in [0.05, 0.1) is 0 Å². The lowest BCUT2D eigenvalue weighted by Gasteiger charge is -2.07. The highest BCUT2D eigenvalue weighted by molar-refractivity contribution is 5.96. The van der Waals surface area contributed by atoms with Gasteiger partial charge >= 0.3 is 0 Å². The van der Waals surface area contributed by atoms with Crippen molar-refractivity contribution < 1.29 is 4.42 Å². The first-order valence-electron chi connectivity index (χ1n) is 8.86. The Morgan fingerprint density at radius 3 is 1.85 bits per heavy atom. The molecule has 5 rings (SSSR count). The van der Waals surface area contributed by atoms with Gasteiger partial charge < -0.3 is 4.42 Å². The van der Waals surface area contributed by atoms with Crippen LogP contribution in [0.15, 0.2) is 101 Å². The minimum absolute atomic E-state index is 0.526. The van der Waals surface area contributed by atoms with Crippen molar-refractivity contribution in [2.75, 3.05) is 0 Å². The lowest BCUT2D eigenvalue weighted by Crippen LogP contribution is -1.83. The smallest absolute Gasteiger partial charge is 0.248 e. The third kappa shape index (κ3) is 2.89. The Labute approximate surface area is 156 Å². The normalized spacial score (nSPS) is 11.0. The molecule has 5 aromatic rings. The molecule has 0 bridgehead atoms. The summed E-state index contributed by atoms with van der Waals surface area (Å²) in [7, 11) is 0. The molecular formula is C24H16N2O. The summed E-state index contributed by atoms with van der Waals surface area (Å²) in [5.74, 6) is 1.06. The van der Waals surface area contributed by atoms with E-state index in [1.807, 2.05) is 42.5 Å². The van der Waals surface area contributed by atoms with E-state index in [4.69, 9.17) is 4.42 Å². The first-order valence-corrected chi connectivity index (χ1v) is 8.86. The van der Waals surface area contributed by atoms with Crippen molar-refractivity contribution in [3.8, 4) is 34.0 Å². The van der Waals surface area contributed by atoms with Gasteiger partial charge in [0, 0.05) is 11.1 Å². The molecule has 0 fully saturated rings. The molecule has 0 amide bonds. The van der Waals surface area contributed by atoms with Gasteiger partial charge in [-0.15, -0.1) is 10.2 Å². The summed E-state index contributed by atoms with van der Waals surface area (Å²) in [5, 5.41) is 10.9. The number of hydrogen-bond acceptors (Lipinski definition) is 3. The Hall–Kier alpha value is -3.72. The second-order valence-corrected chi connectivity index (χ2v) is 6.38. The maximum Gasteiger partial charge on any atom is 0.248 e. The average Bonchev–Trinajstić information content (AvgIpc) is 3.24. The zero-order valence-electron chi connectivity index (χ0n) is 14.5. The summed E-state index contributed by atoms with van der Waals surface area (Å²) in [6.07, 6.45) is 0. The Morgan fingerprint density at radius 1 is 0.481 bits per heavy atom. The van der Waals surface area contributed by atoms with Crippen LogP contribution in [-0.4, -0.2) is 10.2 Å². The Morgan fingerprint density at radius 2 is 1.07 bits per heavy atom. The molecule has 0 spiro atoms. The Bertz CT molecular complexity index is 1200. The minimum atomic E-state index is 0.526. The maximum atomic E-state index is 5.85. The Kier molecular flexibility index (Phi) is 3.76. The first kappa shape index (κ1) is 15.5. The number of benzene rings is 4. The van der Waals surface area contributed by atoms with Gasteiger partial charge in [0.25, 0.3) is 0 Å². The van der Waals surface area contributed by atoms with Crippen LogP contribution in [0.25, 0.3) is 44.8 Å². The van der Waals surface area contributed by atoms with Crippen LogP contribution >= 0.6 is 0 Å². The summed E-state index contributed by atoms with van der Waals surface area (Å²) in [6.45, 7) is 0. The van der Waals surface area contributed by atoms with E-state index in [0.29, 0.717) is 11.8 Å². The van der Waals surface area contributed by atoms with Crippen LogP contribution in [0.4, 0.5) is 0 Å².